The Hall–Kier alpha value is -4.19. The lowest BCUT2D eigenvalue weighted by atomic mass is 10.2. The number of nitrogens with one attached hydrogen (secondary N) is 2. The largest absolute Gasteiger partial charge is 0.457 e. The van der Waals surface area contributed by atoms with Gasteiger partial charge >= 0.3 is 0 Å². The molecule has 0 aliphatic rings. The maximum Gasteiger partial charge on any atom is 0.276 e. The number of nitrogens with zero attached hydrogens (tertiary/aromatic N) is 2. The van der Waals surface area contributed by atoms with Crippen molar-refractivity contribution in [3.05, 3.63) is 108 Å². The summed E-state index contributed by atoms with van der Waals surface area (Å²) in [4.78, 5) is 12.4. The fourth-order valence-electron chi connectivity index (χ4n) is 2.76. The van der Waals surface area contributed by atoms with Crippen LogP contribution in [0.25, 0.3) is 0 Å². The second kappa shape index (κ2) is 9.34. The van der Waals surface area contributed by atoms with Gasteiger partial charge in [-0.15, -0.1) is 10.2 Å². The molecule has 0 unspecified atom stereocenters. The fourth-order valence-corrected chi connectivity index (χ4v) is 2.76. The predicted molar refractivity (Wildman–Crippen MR) is 117 cm³/mol. The molecule has 0 bridgehead atoms. The number of hydrogen-bond donors (Lipinski definition) is 2. The average Bonchev–Trinajstić information content (AvgIpc) is 2.81. The zero-order valence-corrected chi connectivity index (χ0v) is 16.2. The second-order valence-corrected chi connectivity index (χ2v) is 6.54. The van der Waals surface area contributed by atoms with Crippen molar-refractivity contribution >= 4 is 17.4 Å². The number of ether oxygens (including phenoxy) is 1. The third kappa shape index (κ3) is 5.20. The van der Waals surface area contributed by atoms with Crippen molar-refractivity contribution in [3.8, 4) is 11.5 Å². The number of para-hydroxylation sites is 1. The molecule has 0 saturated heterocycles. The number of hydrogen-bond acceptors (Lipinski definition) is 5. The van der Waals surface area contributed by atoms with Crippen LogP contribution < -0.4 is 15.4 Å². The minimum Gasteiger partial charge on any atom is -0.457 e. The average molecular weight is 396 g/mol. The van der Waals surface area contributed by atoms with Gasteiger partial charge in [0, 0.05) is 12.2 Å². The molecule has 0 radical (unpaired) electrons. The van der Waals surface area contributed by atoms with Crippen LogP contribution in [0.15, 0.2) is 97.1 Å². The minimum atomic E-state index is -0.325. The maximum absolute atomic E-state index is 12.4. The molecule has 0 aliphatic heterocycles. The van der Waals surface area contributed by atoms with Gasteiger partial charge in [0.25, 0.3) is 5.91 Å². The third-order valence-electron chi connectivity index (χ3n) is 4.30. The summed E-state index contributed by atoms with van der Waals surface area (Å²) in [6.45, 7) is 0.637. The summed E-state index contributed by atoms with van der Waals surface area (Å²) in [5.74, 6) is 1.73. The van der Waals surface area contributed by atoms with Gasteiger partial charge in [0.05, 0.1) is 0 Å². The monoisotopic (exact) mass is 396 g/mol. The molecule has 1 heterocycles. The van der Waals surface area contributed by atoms with Crippen LogP contribution in [0, 0.1) is 0 Å². The fraction of sp³-hybridized carbons (Fsp3) is 0.0417. The predicted octanol–water partition coefficient (Wildman–Crippen LogP) is 5.13. The highest BCUT2D eigenvalue weighted by molar-refractivity contribution is 6.02. The molecule has 1 aromatic heterocycles. The Labute approximate surface area is 174 Å². The summed E-state index contributed by atoms with van der Waals surface area (Å²) in [5.41, 5.74) is 2.03. The van der Waals surface area contributed by atoms with Crippen molar-refractivity contribution < 1.29 is 9.53 Å². The van der Waals surface area contributed by atoms with Gasteiger partial charge in [-0.25, -0.2) is 0 Å². The first-order valence-corrected chi connectivity index (χ1v) is 9.52. The SMILES string of the molecule is O=C(Nc1ccc(Oc2ccccc2)cc1)c1ccc(NCc2ccccc2)nn1. The van der Waals surface area contributed by atoms with Crippen molar-refractivity contribution in [2.45, 2.75) is 6.54 Å². The normalized spacial score (nSPS) is 10.3. The molecule has 0 aliphatic carbocycles. The number of amides is 1. The van der Waals surface area contributed by atoms with Crippen LogP contribution in [0.3, 0.4) is 0 Å². The van der Waals surface area contributed by atoms with Gasteiger partial charge in [-0.1, -0.05) is 48.5 Å². The van der Waals surface area contributed by atoms with E-state index in [0.29, 0.717) is 23.8 Å². The van der Waals surface area contributed by atoms with E-state index in [1.54, 1.807) is 36.4 Å². The number of rotatable bonds is 7. The van der Waals surface area contributed by atoms with E-state index in [1.165, 1.54) is 0 Å². The molecular formula is C24H20N4O2. The molecular weight excluding hydrogens is 376 g/mol. The van der Waals surface area contributed by atoms with Crippen LogP contribution in [-0.2, 0) is 6.54 Å². The summed E-state index contributed by atoms with van der Waals surface area (Å²) >= 11 is 0. The zero-order chi connectivity index (χ0) is 20.6. The molecule has 6 heteroatoms. The molecule has 0 spiro atoms. The number of benzene rings is 3. The van der Waals surface area contributed by atoms with Crippen molar-refractivity contribution in [3.63, 3.8) is 0 Å². The Morgan fingerprint density at radius 2 is 1.40 bits per heavy atom. The molecule has 0 fully saturated rings. The zero-order valence-electron chi connectivity index (χ0n) is 16.2. The number of anilines is 2. The van der Waals surface area contributed by atoms with Crippen molar-refractivity contribution in [2.75, 3.05) is 10.6 Å². The molecule has 4 aromatic rings. The molecule has 2 N–H and O–H groups in total. The second-order valence-electron chi connectivity index (χ2n) is 6.54. The summed E-state index contributed by atoms with van der Waals surface area (Å²) in [6.07, 6.45) is 0. The lowest BCUT2D eigenvalue weighted by molar-refractivity contribution is 0.102. The molecule has 0 atom stereocenters. The molecule has 30 heavy (non-hydrogen) atoms. The van der Waals surface area contributed by atoms with E-state index >= 15 is 0 Å². The van der Waals surface area contributed by atoms with Gasteiger partial charge in [0.15, 0.2) is 5.69 Å². The van der Waals surface area contributed by atoms with Crippen LogP contribution in [0.1, 0.15) is 16.1 Å². The van der Waals surface area contributed by atoms with Gasteiger partial charge in [-0.05, 0) is 54.1 Å². The Morgan fingerprint density at radius 3 is 2.07 bits per heavy atom. The van der Waals surface area contributed by atoms with E-state index in [1.807, 2.05) is 60.7 Å². The molecule has 148 valence electrons. The van der Waals surface area contributed by atoms with Gasteiger partial charge in [0.1, 0.15) is 17.3 Å². The van der Waals surface area contributed by atoms with Crippen LogP contribution in [0.2, 0.25) is 0 Å². The minimum absolute atomic E-state index is 0.241. The standard InChI is InChI=1S/C24H20N4O2/c29-24(22-15-16-23(28-27-22)25-17-18-7-3-1-4-8-18)26-19-11-13-21(14-12-19)30-20-9-5-2-6-10-20/h1-16H,17H2,(H,25,28)(H,26,29). The Kier molecular flexibility index (Phi) is 5.96. The summed E-state index contributed by atoms with van der Waals surface area (Å²) < 4.78 is 5.75. The molecule has 4 rings (SSSR count). The highest BCUT2D eigenvalue weighted by Gasteiger charge is 2.09. The molecule has 6 nitrogen and oxygen atoms in total. The Morgan fingerprint density at radius 1 is 0.733 bits per heavy atom. The highest BCUT2D eigenvalue weighted by Crippen LogP contribution is 2.22. The quantitative estimate of drug-likeness (QED) is 0.453. The van der Waals surface area contributed by atoms with E-state index in [2.05, 4.69) is 20.8 Å². The number of aromatic nitrogens is 2. The molecule has 0 saturated carbocycles. The first-order valence-electron chi connectivity index (χ1n) is 9.52. The Bertz CT molecular complexity index is 1080. The van der Waals surface area contributed by atoms with Gasteiger partial charge in [-0.3, -0.25) is 4.79 Å². The van der Waals surface area contributed by atoms with Crippen molar-refractivity contribution in [1.82, 2.24) is 10.2 Å². The smallest absolute Gasteiger partial charge is 0.276 e. The first-order chi connectivity index (χ1) is 14.8. The van der Waals surface area contributed by atoms with Crippen LogP contribution in [-0.4, -0.2) is 16.1 Å². The van der Waals surface area contributed by atoms with E-state index in [9.17, 15) is 4.79 Å². The lowest BCUT2D eigenvalue weighted by Gasteiger charge is -2.08. The Balaban J connectivity index is 1.32. The van der Waals surface area contributed by atoms with E-state index < -0.39 is 0 Å². The van der Waals surface area contributed by atoms with E-state index in [-0.39, 0.29) is 11.6 Å². The topological polar surface area (TPSA) is 76.1 Å². The van der Waals surface area contributed by atoms with Crippen LogP contribution in [0.5, 0.6) is 11.5 Å². The first kappa shape index (κ1) is 19.1. The molecule has 1 amide bonds. The summed E-state index contributed by atoms with van der Waals surface area (Å²) in [6, 6.07) is 30.0. The van der Waals surface area contributed by atoms with Crippen LogP contribution >= 0.6 is 0 Å². The molecule has 3 aromatic carbocycles. The van der Waals surface area contributed by atoms with E-state index in [4.69, 9.17) is 4.74 Å². The maximum atomic E-state index is 12.4. The van der Waals surface area contributed by atoms with Gasteiger partial charge in [-0.2, -0.15) is 0 Å². The number of carbonyl (C=O) groups excluding carboxylic acids is 1. The highest BCUT2D eigenvalue weighted by atomic mass is 16.5. The van der Waals surface area contributed by atoms with E-state index in [0.717, 1.165) is 11.3 Å². The number of carbonyl (C=O) groups is 1. The van der Waals surface area contributed by atoms with Crippen LogP contribution in [0.4, 0.5) is 11.5 Å². The van der Waals surface area contributed by atoms with Gasteiger partial charge in [0.2, 0.25) is 0 Å². The van der Waals surface area contributed by atoms with Crippen molar-refractivity contribution in [1.29, 1.82) is 0 Å². The third-order valence-corrected chi connectivity index (χ3v) is 4.30. The van der Waals surface area contributed by atoms with Crippen molar-refractivity contribution in [2.24, 2.45) is 0 Å². The van der Waals surface area contributed by atoms with Gasteiger partial charge < -0.3 is 15.4 Å². The summed E-state index contributed by atoms with van der Waals surface area (Å²) in [5, 5.41) is 14.1. The summed E-state index contributed by atoms with van der Waals surface area (Å²) in [7, 11) is 0. The lowest BCUT2D eigenvalue weighted by Crippen LogP contribution is -2.14.